The smallest absolute Gasteiger partial charge is 0.118 e. The number of hydrogen-bond acceptors (Lipinski definition) is 4. The summed E-state index contributed by atoms with van der Waals surface area (Å²) in [6.07, 6.45) is 8.23. The molecule has 8 bridgehead atoms. The lowest BCUT2D eigenvalue weighted by Gasteiger charge is -2.06. The number of nitrogens with zero attached hydrogens (tertiary/aromatic N) is 2. The third kappa shape index (κ3) is 4.35. The molecule has 2 N–H and O–H groups in total. The van der Waals surface area contributed by atoms with E-state index < -0.39 is 0 Å². The highest BCUT2D eigenvalue weighted by molar-refractivity contribution is 5.93. The normalized spacial score (nSPS) is 12.1. The largest absolute Gasteiger partial charge is 0.497 e. The Morgan fingerprint density at radius 1 is 0.500 bits per heavy atom. The zero-order chi connectivity index (χ0) is 27.1. The van der Waals surface area contributed by atoms with Crippen molar-refractivity contribution in [2.24, 2.45) is 0 Å². The van der Waals surface area contributed by atoms with Crippen LogP contribution in [0.1, 0.15) is 22.8 Å². The maximum Gasteiger partial charge on any atom is 0.118 e. The molecule has 7 rings (SSSR count). The van der Waals surface area contributed by atoms with E-state index >= 15 is 0 Å². The minimum atomic E-state index is 0.814. The van der Waals surface area contributed by atoms with Crippen molar-refractivity contribution in [1.29, 1.82) is 0 Å². The van der Waals surface area contributed by atoms with E-state index in [-0.39, 0.29) is 0 Å². The Kier molecular flexibility index (Phi) is 5.78. The molecule has 3 aromatic heterocycles. The highest BCUT2D eigenvalue weighted by atomic mass is 16.5. The van der Waals surface area contributed by atoms with Crippen LogP contribution in [0.5, 0.6) is 11.5 Å². The Labute approximate surface area is 231 Å². The number of rotatable bonds is 4. The second kappa shape index (κ2) is 9.75. The summed E-state index contributed by atoms with van der Waals surface area (Å²) in [6.45, 7) is 0. The molecule has 0 unspecified atom stereocenters. The van der Waals surface area contributed by atoms with Crippen molar-refractivity contribution >= 4 is 46.4 Å². The number of H-pyrrole nitrogens is 2. The number of ether oxygens (including phenoxy) is 2. The molecule has 0 spiro atoms. The Hall–Kier alpha value is -5.36. The van der Waals surface area contributed by atoms with Crippen LogP contribution in [0, 0.1) is 0 Å². The summed E-state index contributed by atoms with van der Waals surface area (Å²) >= 11 is 0. The molecule has 0 amide bonds. The predicted octanol–water partition coefficient (Wildman–Crippen LogP) is 8.01. The zero-order valence-electron chi connectivity index (χ0n) is 22.1. The van der Waals surface area contributed by atoms with E-state index in [0.29, 0.717) is 0 Å². The SMILES string of the molecule is COc1ccc(-c2c3nc(cc4ccc([nH]4)c(-c4ccc(OC)cc4)c4nc(cc5ccc2[nH]5)C=C4)C=C3)cc1. The van der Waals surface area contributed by atoms with Gasteiger partial charge in [-0.05, 0) is 96.1 Å². The molecule has 40 heavy (non-hydrogen) atoms. The summed E-state index contributed by atoms with van der Waals surface area (Å²) in [7, 11) is 3.35. The fraction of sp³-hybridized carbons (Fsp3) is 0.0588. The van der Waals surface area contributed by atoms with Crippen LogP contribution in [0.3, 0.4) is 0 Å². The van der Waals surface area contributed by atoms with Crippen LogP contribution in [-0.2, 0) is 0 Å². The van der Waals surface area contributed by atoms with Gasteiger partial charge < -0.3 is 19.4 Å². The van der Waals surface area contributed by atoms with Gasteiger partial charge in [-0.3, -0.25) is 0 Å². The third-order valence-electron chi connectivity index (χ3n) is 7.16. The van der Waals surface area contributed by atoms with Crippen LogP contribution >= 0.6 is 0 Å². The first-order valence-electron chi connectivity index (χ1n) is 13.1. The summed E-state index contributed by atoms with van der Waals surface area (Å²) in [4.78, 5) is 17.2. The monoisotopic (exact) mass is 522 g/mol. The Balaban J connectivity index is 1.52. The molecule has 2 aromatic carbocycles. The summed E-state index contributed by atoms with van der Waals surface area (Å²) in [5.74, 6) is 1.63. The van der Waals surface area contributed by atoms with Crippen molar-refractivity contribution in [3.8, 4) is 33.8 Å². The minimum Gasteiger partial charge on any atom is -0.497 e. The highest BCUT2D eigenvalue weighted by Crippen LogP contribution is 2.33. The van der Waals surface area contributed by atoms with Crippen molar-refractivity contribution in [2.45, 2.75) is 0 Å². The molecule has 0 saturated carbocycles. The maximum absolute atomic E-state index is 5.39. The van der Waals surface area contributed by atoms with Crippen molar-refractivity contribution < 1.29 is 9.47 Å². The molecular formula is C34H26N4O2. The summed E-state index contributed by atoms with van der Waals surface area (Å²) in [5, 5.41) is 0. The van der Waals surface area contributed by atoms with Gasteiger partial charge in [-0.2, -0.15) is 0 Å². The van der Waals surface area contributed by atoms with Crippen LogP contribution in [0.4, 0.5) is 0 Å². The predicted molar refractivity (Wildman–Crippen MR) is 163 cm³/mol. The van der Waals surface area contributed by atoms with Crippen molar-refractivity contribution in [3.63, 3.8) is 0 Å². The first-order valence-corrected chi connectivity index (χ1v) is 13.1. The maximum atomic E-state index is 5.39. The standard InChI is InChI=1S/C34H26N4O2/c1-39-27-11-3-21(4-12-27)33-29-15-7-23(35-29)19-25-9-17-31(37-25)34(22-5-13-28(40-2)14-6-22)32-18-10-26(38-32)20-24-8-16-30(33)36-24/h3-20,35,38H,1-2H3. The first-order chi connectivity index (χ1) is 19.7. The van der Waals surface area contributed by atoms with E-state index in [1.807, 2.05) is 36.4 Å². The number of benzene rings is 2. The van der Waals surface area contributed by atoms with Gasteiger partial charge in [0.1, 0.15) is 11.5 Å². The number of fused-ring (bicyclic) bond motifs is 8. The van der Waals surface area contributed by atoms with Gasteiger partial charge in [0, 0.05) is 33.2 Å². The molecular weight excluding hydrogens is 496 g/mol. The zero-order valence-corrected chi connectivity index (χ0v) is 22.1. The van der Waals surface area contributed by atoms with Crippen molar-refractivity contribution in [2.75, 3.05) is 14.2 Å². The topological polar surface area (TPSA) is 75.8 Å². The van der Waals surface area contributed by atoms with Crippen molar-refractivity contribution in [1.82, 2.24) is 19.9 Å². The van der Waals surface area contributed by atoms with Gasteiger partial charge in [0.25, 0.3) is 0 Å². The molecule has 2 aliphatic heterocycles. The average Bonchev–Trinajstić information content (AvgIpc) is 3.80. The van der Waals surface area contributed by atoms with E-state index in [2.05, 4.69) is 82.8 Å². The molecule has 0 atom stereocenters. The summed E-state index contributed by atoms with van der Waals surface area (Å²) < 4.78 is 10.8. The molecule has 5 aromatic rings. The highest BCUT2D eigenvalue weighted by Gasteiger charge is 2.13. The van der Waals surface area contributed by atoms with Crippen LogP contribution in [0.2, 0.25) is 0 Å². The lowest BCUT2D eigenvalue weighted by atomic mass is 10.0. The van der Waals surface area contributed by atoms with Gasteiger partial charge in [-0.1, -0.05) is 24.3 Å². The second-order valence-electron chi connectivity index (χ2n) is 9.66. The lowest BCUT2D eigenvalue weighted by Crippen LogP contribution is -1.87. The number of methoxy groups -OCH3 is 2. The minimum absolute atomic E-state index is 0.814. The number of aromatic nitrogens is 4. The van der Waals surface area contributed by atoms with Crippen LogP contribution in [0.25, 0.3) is 68.6 Å². The van der Waals surface area contributed by atoms with Crippen molar-refractivity contribution in [3.05, 3.63) is 108 Å². The average molecular weight is 523 g/mol. The Morgan fingerprint density at radius 2 is 0.925 bits per heavy atom. The molecule has 2 aliphatic rings. The number of nitrogens with one attached hydrogen (secondary N) is 2. The van der Waals surface area contributed by atoms with Gasteiger partial charge >= 0.3 is 0 Å². The van der Waals surface area contributed by atoms with E-state index in [4.69, 9.17) is 19.4 Å². The molecule has 0 aliphatic carbocycles. The Morgan fingerprint density at radius 3 is 1.32 bits per heavy atom. The summed E-state index contributed by atoms with van der Waals surface area (Å²) in [6, 6.07) is 28.6. The van der Waals surface area contributed by atoms with E-state index in [1.54, 1.807) is 14.2 Å². The lowest BCUT2D eigenvalue weighted by molar-refractivity contribution is 0.415. The van der Waals surface area contributed by atoms with Gasteiger partial charge in [0.05, 0.1) is 37.0 Å². The third-order valence-corrected chi connectivity index (χ3v) is 7.16. The summed E-state index contributed by atoms with van der Waals surface area (Å²) in [5.41, 5.74) is 11.6. The van der Waals surface area contributed by atoms with E-state index in [1.165, 1.54) is 0 Å². The molecule has 0 radical (unpaired) electrons. The Bertz CT molecular complexity index is 1820. The first kappa shape index (κ1) is 23.7. The van der Waals surface area contributed by atoms with Gasteiger partial charge in [-0.25, -0.2) is 9.97 Å². The molecule has 6 nitrogen and oxygen atoms in total. The van der Waals surface area contributed by atoms with Gasteiger partial charge in [-0.15, -0.1) is 0 Å². The molecule has 0 fully saturated rings. The van der Waals surface area contributed by atoms with Crippen LogP contribution < -0.4 is 9.47 Å². The molecule has 0 saturated heterocycles. The number of aromatic amines is 2. The molecule has 5 heterocycles. The van der Waals surface area contributed by atoms with Gasteiger partial charge in [0.15, 0.2) is 0 Å². The quantitative estimate of drug-likeness (QED) is 0.246. The fourth-order valence-electron chi connectivity index (χ4n) is 5.20. The molecule has 194 valence electrons. The molecule has 6 heteroatoms. The van der Waals surface area contributed by atoms with Crippen LogP contribution in [0.15, 0.2) is 84.9 Å². The van der Waals surface area contributed by atoms with E-state index in [9.17, 15) is 0 Å². The van der Waals surface area contributed by atoms with E-state index in [0.717, 1.165) is 78.6 Å². The second-order valence-corrected chi connectivity index (χ2v) is 9.66. The van der Waals surface area contributed by atoms with Gasteiger partial charge in [0.2, 0.25) is 0 Å². The van der Waals surface area contributed by atoms with Crippen LogP contribution in [-0.4, -0.2) is 34.2 Å². The fourth-order valence-corrected chi connectivity index (χ4v) is 5.20. The number of hydrogen-bond donors (Lipinski definition) is 2.